The Kier molecular flexibility index (Phi) is 9.48. The van der Waals surface area contributed by atoms with Gasteiger partial charge in [0.1, 0.15) is 5.75 Å². The molecule has 1 aromatic heterocycles. The third-order valence-corrected chi connectivity index (χ3v) is 6.32. The zero-order valence-corrected chi connectivity index (χ0v) is 21.1. The molecule has 0 bridgehead atoms. The lowest BCUT2D eigenvalue weighted by Gasteiger charge is -2.15. The molecule has 1 unspecified atom stereocenters. The van der Waals surface area contributed by atoms with Crippen LogP contribution in [0.4, 0.5) is 5.69 Å². The fourth-order valence-corrected chi connectivity index (χ4v) is 4.34. The first kappa shape index (κ1) is 26.0. The van der Waals surface area contributed by atoms with Gasteiger partial charge in [-0.3, -0.25) is 9.59 Å². The van der Waals surface area contributed by atoms with E-state index < -0.39 is 0 Å². The molecule has 2 N–H and O–H groups in total. The number of aryl methyl sites for hydroxylation is 1. The van der Waals surface area contributed by atoms with E-state index in [4.69, 9.17) is 4.74 Å². The first-order valence-electron chi connectivity index (χ1n) is 11.4. The molecule has 0 radical (unpaired) electrons. The lowest BCUT2D eigenvalue weighted by Crippen LogP contribution is -2.30. The molecule has 9 heteroatoms. The van der Waals surface area contributed by atoms with Crippen LogP contribution in [0.3, 0.4) is 0 Å². The van der Waals surface area contributed by atoms with Crippen LogP contribution in [0.15, 0.2) is 66.3 Å². The number of amides is 2. The molecule has 0 fully saturated rings. The predicted molar refractivity (Wildman–Crippen MR) is 139 cm³/mol. The highest BCUT2D eigenvalue weighted by Gasteiger charge is 2.20. The van der Waals surface area contributed by atoms with E-state index in [0.29, 0.717) is 17.5 Å². The number of hydrogen-bond donors (Lipinski definition) is 2. The second kappa shape index (κ2) is 12.8. The van der Waals surface area contributed by atoms with E-state index >= 15 is 0 Å². The third kappa shape index (κ3) is 7.19. The molecule has 1 heterocycles. The number of carbonyl (C=O) groups is 2. The highest BCUT2D eigenvalue weighted by molar-refractivity contribution is 7.99. The minimum atomic E-state index is -0.368. The van der Waals surface area contributed by atoms with Crippen LogP contribution < -0.4 is 15.4 Å². The van der Waals surface area contributed by atoms with Gasteiger partial charge in [0.05, 0.1) is 25.3 Å². The normalized spacial score (nSPS) is 11.5. The Bertz CT molecular complexity index is 1160. The molecule has 3 rings (SSSR count). The summed E-state index contributed by atoms with van der Waals surface area (Å²) in [6, 6.07) is 14.8. The molecule has 0 spiro atoms. The average Bonchev–Trinajstić information content (AvgIpc) is 3.26. The Morgan fingerprint density at radius 3 is 2.57 bits per heavy atom. The van der Waals surface area contributed by atoms with Gasteiger partial charge in [0.2, 0.25) is 11.8 Å². The number of carbonyl (C=O) groups excluding carboxylic acids is 2. The van der Waals surface area contributed by atoms with E-state index in [0.717, 1.165) is 29.0 Å². The second-order valence-corrected chi connectivity index (χ2v) is 8.84. The largest absolute Gasteiger partial charge is 0.497 e. The Balaban J connectivity index is 1.61. The second-order valence-electron chi connectivity index (χ2n) is 7.90. The van der Waals surface area contributed by atoms with E-state index in [1.54, 1.807) is 13.2 Å². The molecular weight excluding hydrogens is 462 g/mol. The maximum atomic E-state index is 12.6. The first-order valence-corrected chi connectivity index (χ1v) is 12.4. The molecule has 35 heavy (non-hydrogen) atoms. The highest BCUT2D eigenvalue weighted by Crippen LogP contribution is 2.22. The number of aromatic nitrogens is 3. The van der Waals surface area contributed by atoms with Gasteiger partial charge in [-0.15, -0.1) is 16.8 Å². The molecular formula is C26H31N5O3S. The van der Waals surface area contributed by atoms with Crippen molar-refractivity contribution in [3.05, 3.63) is 78.1 Å². The number of thioether (sulfide) groups is 1. The summed E-state index contributed by atoms with van der Waals surface area (Å²) in [6.45, 7) is 8.19. The number of nitrogens with zero attached hydrogens (tertiary/aromatic N) is 3. The molecule has 1 atom stereocenters. The number of ether oxygens (including phenoxy) is 1. The molecule has 2 amide bonds. The monoisotopic (exact) mass is 493 g/mol. The predicted octanol–water partition coefficient (Wildman–Crippen LogP) is 4.19. The van der Waals surface area contributed by atoms with Crippen LogP contribution in [-0.2, 0) is 29.0 Å². The number of hydrogen-bond acceptors (Lipinski definition) is 6. The summed E-state index contributed by atoms with van der Waals surface area (Å²) < 4.78 is 7.02. The zero-order chi connectivity index (χ0) is 25.2. The maximum absolute atomic E-state index is 12.6. The fraction of sp³-hybridized carbons (Fsp3) is 0.308. The van der Waals surface area contributed by atoms with E-state index in [1.807, 2.05) is 60.0 Å². The zero-order valence-electron chi connectivity index (χ0n) is 20.3. The van der Waals surface area contributed by atoms with Gasteiger partial charge in [0.15, 0.2) is 11.0 Å². The summed E-state index contributed by atoms with van der Waals surface area (Å²) in [4.78, 5) is 25.1. The van der Waals surface area contributed by atoms with Crippen LogP contribution in [0.25, 0.3) is 0 Å². The smallest absolute Gasteiger partial charge is 0.234 e. The number of anilines is 1. The molecule has 0 aliphatic carbocycles. The van der Waals surface area contributed by atoms with Gasteiger partial charge in [-0.1, -0.05) is 55.1 Å². The molecule has 3 aromatic rings. The summed E-state index contributed by atoms with van der Waals surface area (Å²) >= 11 is 1.30. The van der Waals surface area contributed by atoms with Gasteiger partial charge in [0, 0.05) is 12.2 Å². The fourth-order valence-electron chi connectivity index (χ4n) is 3.58. The van der Waals surface area contributed by atoms with E-state index in [1.165, 1.54) is 11.8 Å². The standard InChI is InChI=1S/C26H31N5O3S/c1-5-15-31-25(18(3)27-23(32)16-19-11-13-21(34-4)14-12-19)29-30-26(31)35-17-24(33)28-22-10-8-7-9-20(22)6-2/h5,7-14,18H,1,6,15-17H2,2-4H3,(H,27,32)(H,28,33). The van der Waals surface area contributed by atoms with Crippen LogP contribution in [-0.4, -0.2) is 39.4 Å². The maximum Gasteiger partial charge on any atom is 0.234 e. The average molecular weight is 494 g/mol. The summed E-state index contributed by atoms with van der Waals surface area (Å²) in [5.41, 5.74) is 2.79. The Morgan fingerprint density at radius 2 is 1.89 bits per heavy atom. The van der Waals surface area contributed by atoms with E-state index in [9.17, 15) is 9.59 Å². The number of nitrogens with one attached hydrogen (secondary N) is 2. The van der Waals surface area contributed by atoms with Crippen LogP contribution in [0, 0.1) is 0 Å². The van der Waals surface area contributed by atoms with Gasteiger partial charge in [-0.05, 0) is 42.7 Å². The molecule has 184 valence electrons. The Labute approximate surface area is 210 Å². The van der Waals surface area contributed by atoms with Crippen molar-refractivity contribution in [1.29, 1.82) is 0 Å². The number of methoxy groups -OCH3 is 1. The van der Waals surface area contributed by atoms with Crippen molar-refractivity contribution < 1.29 is 14.3 Å². The lowest BCUT2D eigenvalue weighted by atomic mass is 10.1. The Hall–Kier alpha value is -3.59. The summed E-state index contributed by atoms with van der Waals surface area (Å²) in [5, 5.41) is 15.1. The minimum Gasteiger partial charge on any atom is -0.497 e. The summed E-state index contributed by atoms with van der Waals surface area (Å²) in [7, 11) is 1.60. The van der Waals surface area contributed by atoms with Gasteiger partial charge < -0.3 is 19.9 Å². The summed E-state index contributed by atoms with van der Waals surface area (Å²) in [6.07, 6.45) is 2.81. The molecule has 0 saturated carbocycles. The van der Waals surface area contributed by atoms with Gasteiger partial charge >= 0.3 is 0 Å². The molecule has 0 aliphatic rings. The van der Waals surface area contributed by atoms with Crippen molar-refractivity contribution in [1.82, 2.24) is 20.1 Å². The van der Waals surface area contributed by atoms with Crippen molar-refractivity contribution in [3.63, 3.8) is 0 Å². The SMILES string of the molecule is C=CCn1c(SCC(=O)Nc2ccccc2CC)nnc1C(C)NC(=O)Cc1ccc(OC)cc1. The van der Waals surface area contributed by atoms with Gasteiger partial charge in [-0.25, -0.2) is 0 Å². The van der Waals surface area contributed by atoms with Crippen molar-refractivity contribution in [3.8, 4) is 5.75 Å². The number of rotatable bonds is 12. The lowest BCUT2D eigenvalue weighted by molar-refractivity contribution is -0.121. The molecule has 8 nitrogen and oxygen atoms in total. The van der Waals surface area contributed by atoms with E-state index in [-0.39, 0.29) is 30.0 Å². The van der Waals surface area contributed by atoms with Crippen molar-refractivity contribution in [2.24, 2.45) is 0 Å². The topological polar surface area (TPSA) is 98.1 Å². The van der Waals surface area contributed by atoms with Crippen LogP contribution >= 0.6 is 11.8 Å². The highest BCUT2D eigenvalue weighted by atomic mass is 32.2. The molecule has 0 aliphatic heterocycles. The van der Waals surface area contributed by atoms with Gasteiger partial charge in [0.25, 0.3) is 0 Å². The van der Waals surface area contributed by atoms with Gasteiger partial charge in [-0.2, -0.15) is 0 Å². The van der Waals surface area contributed by atoms with Crippen molar-refractivity contribution >= 4 is 29.3 Å². The number of para-hydroxylation sites is 1. The van der Waals surface area contributed by atoms with Crippen LogP contribution in [0.5, 0.6) is 5.75 Å². The molecule has 0 saturated heterocycles. The van der Waals surface area contributed by atoms with Crippen molar-refractivity contribution in [2.75, 3.05) is 18.2 Å². The Morgan fingerprint density at radius 1 is 1.14 bits per heavy atom. The third-order valence-electron chi connectivity index (χ3n) is 5.35. The molecule has 2 aromatic carbocycles. The van der Waals surface area contributed by atoms with Crippen LogP contribution in [0.1, 0.15) is 36.8 Å². The quantitative estimate of drug-likeness (QED) is 0.290. The number of allylic oxidation sites excluding steroid dienone is 1. The first-order chi connectivity index (χ1) is 16.9. The summed E-state index contributed by atoms with van der Waals surface area (Å²) in [5.74, 6) is 1.29. The van der Waals surface area contributed by atoms with E-state index in [2.05, 4.69) is 34.3 Å². The van der Waals surface area contributed by atoms with Crippen molar-refractivity contribution in [2.45, 2.75) is 44.4 Å². The van der Waals surface area contributed by atoms with Crippen LogP contribution in [0.2, 0.25) is 0 Å². The minimum absolute atomic E-state index is 0.119. The number of benzene rings is 2.